The number of fused-ring (bicyclic) bond motifs is 1. The normalized spacial score (nSPS) is 12.9. The van der Waals surface area contributed by atoms with Gasteiger partial charge >= 0.3 is 0 Å². The summed E-state index contributed by atoms with van der Waals surface area (Å²) in [6, 6.07) is 20.3. The molecule has 27 heavy (non-hydrogen) atoms. The number of hydrogen-bond donors (Lipinski definition) is 0. The van der Waals surface area contributed by atoms with E-state index in [2.05, 4.69) is 41.3 Å². The molecule has 0 saturated heterocycles. The van der Waals surface area contributed by atoms with E-state index in [1.54, 1.807) is 11.2 Å². The molecule has 4 nitrogen and oxygen atoms in total. The minimum Gasteiger partial charge on any atom is -0.467 e. The second-order valence-corrected chi connectivity index (χ2v) is 6.90. The van der Waals surface area contributed by atoms with E-state index >= 15 is 0 Å². The van der Waals surface area contributed by atoms with E-state index in [-0.39, 0.29) is 5.91 Å². The molecule has 1 aliphatic heterocycles. The van der Waals surface area contributed by atoms with Gasteiger partial charge in [0.15, 0.2) is 0 Å². The Balaban J connectivity index is 1.43. The number of rotatable bonds is 6. The van der Waals surface area contributed by atoms with Gasteiger partial charge in [0.05, 0.1) is 12.8 Å². The largest absolute Gasteiger partial charge is 0.467 e. The number of furan rings is 1. The molecule has 0 aliphatic carbocycles. The van der Waals surface area contributed by atoms with Gasteiger partial charge in [-0.05, 0) is 54.8 Å². The Morgan fingerprint density at radius 2 is 1.89 bits per heavy atom. The van der Waals surface area contributed by atoms with Crippen molar-refractivity contribution in [1.29, 1.82) is 0 Å². The van der Waals surface area contributed by atoms with Gasteiger partial charge in [-0.25, -0.2) is 0 Å². The first kappa shape index (κ1) is 17.4. The third kappa shape index (κ3) is 3.75. The van der Waals surface area contributed by atoms with Gasteiger partial charge < -0.3 is 14.2 Å². The highest BCUT2D eigenvalue weighted by molar-refractivity contribution is 5.94. The molecule has 1 amide bonds. The van der Waals surface area contributed by atoms with Gasteiger partial charge in [-0.1, -0.05) is 30.3 Å². The molecule has 0 atom stereocenters. The van der Waals surface area contributed by atoms with Gasteiger partial charge in [0.1, 0.15) is 5.76 Å². The van der Waals surface area contributed by atoms with Gasteiger partial charge in [-0.15, -0.1) is 0 Å². The number of anilines is 1. The number of carbonyl (C=O) groups is 1. The Morgan fingerprint density at radius 3 is 2.63 bits per heavy atom. The molecule has 0 unspecified atom stereocenters. The molecular weight excluding hydrogens is 336 g/mol. The number of nitrogens with zero attached hydrogens (tertiary/aromatic N) is 2. The second-order valence-electron chi connectivity index (χ2n) is 6.90. The van der Waals surface area contributed by atoms with Crippen LogP contribution in [0.2, 0.25) is 0 Å². The Bertz CT molecular complexity index is 900. The highest BCUT2D eigenvalue weighted by Gasteiger charge is 2.19. The molecule has 138 valence electrons. The minimum atomic E-state index is 0.0342. The molecule has 4 heteroatoms. The SMILES string of the molecule is CCN(Cc1ccco1)C(=O)c1ccc(CN2CCc3ccccc32)cc1. The highest BCUT2D eigenvalue weighted by atomic mass is 16.3. The van der Waals surface area contributed by atoms with Crippen LogP contribution >= 0.6 is 0 Å². The Kier molecular flexibility index (Phi) is 4.97. The van der Waals surface area contributed by atoms with Gasteiger partial charge in [0, 0.05) is 30.9 Å². The standard InChI is InChI=1S/C23H24N2O2/c1-2-24(17-21-7-5-15-27-21)23(26)20-11-9-18(10-12-20)16-25-14-13-19-6-3-4-8-22(19)25/h3-12,15H,2,13-14,16-17H2,1H3. The topological polar surface area (TPSA) is 36.7 Å². The summed E-state index contributed by atoms with van der Waals surface area (Å²) in [5, 5.41) is 0. The van der Waals surface area contributed by atoms with Crippen molar-refractivity contribution >= 4 is 11.6 Å². The zero-order valence-electron chi connectivity index (χ0n) is 15.6. The second kappa shape index (κ2) is 7.70. The summed E-state index contributed by atoms with van der Waals surface area (Å²) in [4.78, 5) is 17.0. The van der Waals surface area contributed by atoms with Crippen LogP contribution in [0.1, 0.15) is 34.2 Å². The Morgan fingerprint density at radius 1 is 1.07 bits per heavy atom. The molecule has 0 saturated carbocycles. The molecule has 1 aliphatic rings. The first-order valence-corrected chi connectivity index (χ1v) is 9.48. The summed E-state index contributed by atoms with van der Waals surface area (Å²) in [5.74, 6) is 0.835. The van der Waals surface area contributed by atoms with E-state index in [0.29, 0.717) is 18.7 Å². The minimum absolute atomic E-state index is 0.0342. The van der Waals surface area contributed by atoms with Crippen molar-refractivity contribution in [2.45, 2.75) is 26.4 Å². The predicted octanol–water partition coefficient (Wildman–Crippen LogP) is 4.50. The van der Waals surface area contributed by atoms with E-state index in [1.807, 2.05) is 31.2 Å². The molecule has 0 radical (unpaired) electrons. The lowest BCUT2D eigenvalue weighted by Crippen LogP contribution is -2.30. The van der Waals surface area contributed by atoms with E-state index < -0.39 is 0 Å². The molecule has 0 spiro atoms. The molecule has 4 rings (SSSR count). The van der Waals surface area contributed by atoms with Crippen molar-refractivity contribution in [1.82, 2.24) is 4.90 Å². The zero-order valence-corrected chi connectivity index (χ0v) is 15.6. The molecular formula is C23H24N2O2. The van der Waals surface area contributed by atoms with Crippen LogP contribution in [-0.4, -0.2) is 23.9 Å². The van der Waals surface area contributed by atoms with Crippen LogP contribution < -0.4 is 4.90 Å². The molecule has 0 bridgehead atoms. The van der Waals surface area contributed by atoms with Gasteiger partial charge in [0.2, 0.25) is 0 Å². The molecule has 1 aromatic heterocycles. The van der Waals surface area contributed by atoms with E-state index in [1.165, 1.54) is 16.8 Å². The third-order valence-electron chi connectivity index (χ3n) is 5.15. The average molecular weight is 360 g/mol. The highest BCUT2D eigenvalue weighted by Crippen LogP contribution is 2.28. The summed E-state index contributed by atoms with van der Waals surface area (Å²) < 4.78 is 5.37. The number of carbonyl (C=O) groups excluding carboxylic acids is 1. The first-order chi connectivity index (χ1) is 13.2. The summed E-state index contributed by atoms with van der Waals surface area (Å²) in [6.07, 6.45) is 2.74. The van der Waals surface area contributed by atoms with E-state index in [4.69, 9.17) is 4.42 Å². The quantitative estimate of drug-likeness (QED) is 0.649. The van der Waals surface area contributed by atoms with Crippen LogP contribution in [0.4, 0.5) is 5.69 Å². The van der Waals surface area contributed by atoms with Crippen LogP contribution in [0, 0.1) is 0 Å². The van der Waals surface area contributed by atoms with Crippen molar-refractivity contribution in [3.05, 3.63) is 89.4 Å². The Hall–Kier alpha value is -3.01. The lowest BCUT2D eigenvalue weighted by atomic mass is 10.1. The molecule has 0 N–H and O–H groups in total. The van der Waals surface area contributed by atoms with Crippen LogP contribution in [0.25, 0.3) is 0 Å². The van der Waals surface area contributed by atoms with Crippen molar-refractivity contribution in [3.8, 4) is 0 Å². The monoisotopic (exact) mass is 360 g/mol. The number of hydrogen-bond acceptors (Lipinski definition) is 3. The smallest absolute Gasteiger partial charge is 0.254 e. The lowest BCUT2D eigenvalue weighted by molar-refractivity contribution is 0.0741. The number of amides is 1. The van der Waals surface area contributed by atoms with Crippen molar-refractivity contribution in [2.75, 3.05) is 18.0 Å². The van der Waals surface area contributed by atoms with Crippen LogP contribution in [0.3, 0.4) is 0 Å². The van der Waals surface area contributed by atoms with Crippen molar-refractivity contribution < 1.29 is 9.21 Å². The Labute approximate surface area is 160 Å². The summed E-state index contributed by atoms with van der Waals surface area (Å²) in [5.41, 5.74) is 4.68. The van der Waals surface area contributed by atoms with Crippen LogP contribution in [0.5, 0.6) is 0 Å². The molecule has 0 fully saturated rings. The maximum absolute atomic E-state index is 12.8. The van der Waals surface area contributed by atoms with Gasteiger partial charge in [-0.3, -0.25) is 4.79 Å². The van der Waals surface area contributed by atoms with Crippen LogP contribution in [0.15, 0.2) is 71.3 Å². The van der Waals surface area contributed by atoms with Crippen molar-refractivity contribution in [2.24, 2.45) is 0 Å². The third-order valence-corrected chi connectivity index (χ3v) is 5.15. The maximum atomic E-state index is 12.8. The number of para-hydroxylation sites is 1. The molecule has 2 aromatic carbocycles. The average Bonchev–Trinajstić information content (AvgIpc) is 3.36. The van der Waals surface area contributed by atoms with Crippen LogP contribution in [-0.2, 0) is 19.5 Å². The number of benzene rings is 2. The van der Waals surface area contributed by atoms with E-state index in [0.717, 1.165) is 25.3 Å². The zero-order chi connectivity index (χ0) is 18.6. The molecule has 2 heterocycles. The van der Waals surface area contributed by atoms with Gasteiger partial charge in [-0.2, -0.15) is 0 Å². The lowest BCUT2D eigenvalue weighted by Gasteiger charge is -2.21. The molecule has 3 aromatic rings. The maximum Gasteiger partial charge on any atom is 0.254 e. The summed E-state index contributed by atoms with van der Waals surface area (Å²) in [7, 11) is 0. The fourth-order valence-electron chi connectivity index (χ4n) is 3.64. The first-order valence-electron chi connectivity index (χ1n) is 9.48. The van der Waals surface area contributed by atoms with E-state index in [9.17, 15) is 4.79 Å². The predicted molar refractivity (Wildman–Crippen MR) is 107 cm³/mol. The summed E-state index contributed by atoms with van der Waals surface area (Å²) in [6.45, 7) is 5.04. The fourth-order valence-corrected chi connectivity index (χ4v) is 3.64. The summed E-state index contributed by atoms with van der Waals surface area (Å²) >= 11 is 0. The van der Waals surface area contributed by atoms with Gasteiger partial charge in [0.25, 0.3) is 5.91 Å². The van der Waals surface area contributed by atoms with Crippen molar-refractivity contribution in [3.63, 3.8) is 0 Å². The fraction of sp³-hybridized carbons (Fsp3) is 0.261.